The lowest BCUT2D eigenvalue weighted by Crippen LogP contribution is -2.45. The second-order valence-corrected chi connectivity index (χ2v) is 4.91. The van der Waals surface area contributed by atoms with Gasteiger partial charge in [-0.2, -0.15) is 0 Å². The van der Waals surface area contributed by atoms with Crippen LogP contribution in [0, 0.1) is 0 Å². The van der Waals surface area contributed by atoms with Gasteiger partial charge >= 0.3 is 6.09 Å². The molecule has 0 aromatic rings. The average Bonchev–Trinajstić information content (AvgIpc) is 2.23. The van der Waals surface area contributed by atoms with Gasteiger partial charge in [-0.3, -0.25) is 4.79 Å². The molecule has 0 spiro atoms. The predicted octanol–water partition coefficient (Wildman–Crippen LogP) is 1.39. The van der Waals surface area contributed by atoms with E-state index in [4.69, 9.17) is 9.47 Å². The molecule has 2 amide bonds. The largest absolute Gasteiger partial charge is 0.480 e. The van der Waals surface area contributed by atoms with Gasteiger partial charge in [0.15, 0.2) is 0 Å². The zero-order valence-electron chi connectivity index (χ0n) is 12.4. The van der Waals surface area contributed by atoms with Crippen molar-refractivity contribution in [3.8, 4) is 0 Å². The molecular formula is C12H23N3O4. The van der Waals surface area contributed by atoms with Gasteiger partial charge in [0.1, 0.15) is 11.6 Å². The number of nitrogens with zero attached hydrogens (tertiary/aromatic N) is 1. The quantitative estimate of drug-likeness (QED) is 0.460. The summed E-state index contributed by atoms with van der Waals surface area (Å²) < 4.78 is 10.1. The number of ether oxygens (including phenoxy) is 2. The van der Waals surface area contributed by atoms with Crippen LogP contribution < -0.4 is 10.7 Å². The summed E-state index contributed by atoms with van der Waals surface area (Å²) in [6.07, 6.45) is -0.652. The van der Waals surface area contributed by atoms with E-state index in [9.17, 15) is 9.59 Å². The number of nitrogens with one attached hydrogen (secondary N) is 2. The number of amides is 2. The number of alkyl carbamates (subject to hydrolysis) is 1. The molecule has 0 saturated carbocycles. The molecule has 0 aliphatic rings. The van der Waals surface area contributed by atoms with Gasteiger partial charge in [0, 0.05) is 6.92 Å². The monoisotopic (exact) mass is 273 g/mol. The second-order valence-electron chi connectivity index (χ2n) is 4.91. The van der Waals surface area contributed by atoms with Crippen LogP contribution in [0.4, 0.5) is 4.79 Å². The number of rotatable bonds is 4. The number of carbonyl (C=O) groups is 2. The first-order valence-electron chi connectivity index (χ1n) is 6.12. The number of hydrazone groups is 1. The minimum absolute atomic E-state index is 0.348. The van der Waals surface area contributed by atoms with Crippen LogP contribution in [0.15, 0.2) is 5.10 Å². The Balaban J connectivity index is 4.21. The minimum atomic E-state index is -0.756. The van der Waals surface area contributed by atoms with Crippen LogP contribution in [-0.4, -0.2) is 36.1 Å². The molecule has 0 aromatic heterocycles. The van der Waals surface area contributed by atoms with Crippen molar-refractivity contribution in [3.63, 3.8) is 0 Å². The maximum absolute atomic E-state index is 11.6. The normalized spacial score (nSPS) is 13.5. The molecule has 7 heteroatoms. The highest BCUT2D eigenvalue weighted by Gasteiger charge is 2.20. The van der Waals surface area contributed by atoms with Crippen LogP contribution in [0.25, 0.3) is 0 Å². The first-order chi connectivity index (χ1) is 8.65. The first kappa shape index (κ1) is 17.2. The maximum Gasteiger partial charge on any atom is 0.408 e. The van der Waals surface area contributed by atoms with Gasteiger partial charge in [0.05, 0.1) is 6.61 Å². The number of hydrogen-bond acceptors (Lipinski definition) is 5. The van der Waals surface area contributed by atoms with E-state index in [1.807, 2.05) is 6.92 Å². The summed E-state index contributed by atoms with van der Waals surface area (Å²) in [5.74, 6) is -0.106. The second kappa shape index (κ2) is 7.60. The van der Waals surface area contributed by atoms with Gasteiger partial charge in [-0.05, 0) is 34.6 Å². The molecule has 110 valence electrons. The molecule has 7 nitrogen and oxygen atoms in total. The lowest BCUT2D eigenvalue weighted by atomic mass is 10.2. The number of hydrogen-bond donors (Lipinski definition) is 2. The zero-order valence-corrected chi connectivity index (χ0v) is 12.4. The summed E-state index contributed by atoms with van der Waals surface area (Å²) in [6.45, 7) is 10.7. The molecule has 0 aliphatic carbocycles. The van der Waals surface area contributed by atoms with Crippen molar-refractivity contribution in [1.82, 2.24) is 10.7 Å². The Morgan fingerprint density at radius 2 is 1.89 bits per heavy atom. The molecule has 0 fully saturated rings. The fourth-order valence-electron chi connectivity index (χ4n) is 1.02. The van der Waals surface area contributed by atoms with Crippen LogP contribution in [0.1, 0.15) is 41.5 Å². The minimum Gasteiger partial charge on any atom is -0.480 e. The Bertz CT molecular complexity index is 347. The van der Waals surface area contributed by atoms with Crippen molar-refractivity contribution in [2.75, 3.05) is 6.61 Å². The Morgan fingerprint density at radius 1 is 1.32 bits per heavy atom. The Morgan fingerprint density at radius 3 is 2.37 bits per heavy atom. The third-order valence-electron chi connectivity index (χ3n) is 1.80. The molecule has 2 N–H and O–H groups in total. The highest BCUT2D eigenvalue weighted by Crippen LogP contribution is 2.06. The Kier molecular flexibility index (Phi) is 6.89. The highest BCUT2D eigenvalue weighted by molar-refractivity contribution is 5.86. The molecule has 0 aliphatic heterocycles. The van der Waals surface area contributed by atoms with Crippen LogP contribution >= 0.6 is 0 Å². The van der Waals surface area contributed by atoms with Crippen molar-refractivity contribution in [2.45, 2.75) is 53.2 Å². The van der Waals surface area contributed by atoms with E-state index in [1.165, 1.54) is 6.92 Å². The van der Waals surface area contributed by atoms with Crippen LogP contribution in [0.5, 0.6) is 0 Å². The highest BCUT2D eigenvalue weighted by atomic mass is 16.6. The van der Waals surface area contributed by atoms with Gasteiger partial charge in [-0.25, -0.2) is 10.2 Å². The van der Waals surface area contributed by atoms with Crippen molar-refractivity contribution < 1.29 is 19.1 Å². The van der Waals surface area contributed by atoms with Crippen molar-refractivity contribution in [2.24, 2.45) is 5.10 Å². The summed E-state index contributed by atoms with van der Waals surface area (Å²) in [6, 6.07) is -0.756. The van der Waals surface area contributed by atoms with E-state index in [0.29, 0.717) is 12.5 Å². The summed E-state index contributed by atoms with van der Waals surface area (Å²) in [7, 11) is 0. The van der Waals surface area contributed by atoms with Gasteiger partial charge in [-0.1, -0.05) is 0 Å². The first-order valence-corrected chi connectivity index (χ1v) is 6.12. The lowest BCUT2D eigenvalue weighted by molar-refractivity contribution is -0.122. The topological polar surface area (TPSA) is 89.0 Å². The summed E-state index contributed by atoms with van der Waals surface area (Å²) in [5.41, 5.74) is 1.68. The van der Waals surface area contributed by atoms with Gasteiger partial charge in [0.25, 0.3) is 5.91 Å². The molecule has 0 radical (unpaired) electrons. The Labute approximate surface area is 113 Å². The zero-order chi connectivity index (χ0) is 15.1. The molecule has 0 saturated heterocycles. The molecule has 0 heterocycles. The smallest absolute Gasteiger partial charge is 0.408 e. The summed E-state index contributed by atoms with van der Waals surface area (Å²) >= 11 is 0. The lowest BCUT2D eigenvalue weighted by Gasteiger charge is -2.21. The van der Waals surface area contributed by atoms with Crippen LogP contribution in [0.2, 0.25) is 0 Å². The van der Waals surface area contributed by atoms with E-state index in [2.05, 4.69) is 15.8 Å². The summed E-state index contributed by atoms with van der Waals surface area (Å²) in [5, 5.41) is 6.13. The van der Waals surface area contributed by atoms with Gasteiger partial charge < -0.3 is 14.8 Å². The fourth-order valence-corrected chi connectivity index (χ4v) is 1.02. The fraction of sp³-hybridized carbons (Fsp3) is 0.750. The molecule has 19 heavy (non-hydrogen) atoms. The standard InChI is InChI=1S/C12H23N3O4/c1-7-18-9(3)14-15-10(16)8(2)13-11(17)19-12(4,5)6/h8H,7H2,1-6H3,(H,13,17)(H,15,16)/b14-9+. The van der Waals surface area contributed by atoms with Crippen molar-refractivity contribution >= 4 is 17.9 Å². The average molecular weight is 273 g/mol. The van der Waals surface area contributed by atoms with E-state index >= 15 is 0 Å². The van der Waals surface area contributed by atoms with E-state index < -0.39 is 23.6 Å². The van der Waals surface area contributed by atoms with Crippen LogP contribution in [0.3, 0.4) is 0 Å². The third kappa shape index (κ3) is 8.87. The summed E-state index contributed by atoms with van der Waals surface area (Å²) in [4.78, 5) is 23.0. The molecule has 0 rings (SSSR count). The van der Waals surface area contributed by atoms with Gasteiger partial charge in [-0.15, -0.1) is 5.10 Å². The SMILES string of the molecule is CCO/C(C)=N/NC(=O)C(C)NC(=O)OC(C)(C)C. The molecule has 1 unspecified atom stereocenters. The van der Waals surface area contributed by atoms with E-state index in [-0.39, 0.29) is 0 Å². The maximum atomic E-state index is 11.6. The molecule has 0 aromatic carbocycles. The Hall–Kier alpha value is -1.79. The van der Waals surface area contributed by atoms with E-state index in [0.717, 1.165) is 0 Å². The predicted molar refractivity (Wildman–Crippen MR) is 71.7 cm³/mol. The van der Waals surface area contributed by atoms with Crippen molar-refractivity contribution in [3.05, 3.63) is 0 Å². The number of carbonyl (C=O) groups excluding carboxylic acids is 2. The van der Waals surface area contributed by atoms with Crippen molar-refractivity contribution in [1.29, 1.82) is 0 Å². The molecule has 1 atom stereocenters. The molecule has 0 bridgehead atoms. The third-order valence-corrected chi connectivity index (χ3v) is 1.80. The van der Waals surface area contributed by atoms with Crippen LogP contribution in [-0.2, 0) is 14.3 Å². The molecular weight excluding hydrogens is 250 g/mol. The van der Waals surface area contributed by atoms with E-state index in [1.54, 1.807) is 27.7 Å². The van der Waals surface area contributed by atoms with Gasteiger partial charge in [0.2, 0.25) is 5.90 Å².